The van der Waals surface area contributed by atoms with Crippen molar-refractivity contribution in [2.45, 2.75) is 25.7 Å². The highest BCUT2D eigenvalue weighted by Gasteiger charge is 2.30. The summed E-state index contributed by atoms with van der Waals surface area (Å²) in [6.07, 6.45) is 4.19. The number of carbonyl (C=O) groups is 1. The van der Waals surface area contributed by atoms with Crippen molar-refractivity contribution in [3.63, 3.8) is 0 Å². The minimum atomic E-state index is 0.123. The quantitative estimate of drug-likeness (QED) is 0.414. The number of hydrogen-bond acceptors (Lipinski definition) is 6. The van der Waals surface area contributed by atoms with Gasteiger partial charge in [-0.2, -0.15) is 0 Å². The number of amides is 1. The fourth-order valence-corrected chi connectivity index (χ4v) is 5.86. The van der Waals surface area contributed by atoms with Crippen LogP contribution in [0.5, 0.6) is 23.0 Å². The van der Waals surface area contributed by atoms with Crippen LogP contribution in [0.15, 0.2) is 48.5 Å². The van der Waals surface area contributed by atoms with Gasteiger partial charge in [-0.15, -0.1) is 0 Å². The molecule has 3 aromatic carbocycles. The van der Waals surface area contributed by atoms with E-state index in [1.165, 1.54) is 12.8 Å². The maximum Gasteiger partial charge on any atom is 0.254 e. The van der Waals surface area contributed by atoms with E-state index in [0.29, 0.717) is 18.3 Å². The highest BCUT2D eigenvalue weighted by molar-refractivity contribution is 5.97. The highest BCUT2D eigenvalue weighted by atomic mass is 16.7. The first-order chi connectivity index (χ1) is 18.2. The number of hydrogen-bond donors (Lipinski definition) is 0. The van der Waals surface area contributed by atoms with E-state index in [1.54, 1.807) is 7.11 Å². The normalized spacial score (nSPS) is 19.2. The average molecular weight is 503 g/mol. The second-order valence-corrected chi connectivity index (χ2v) is 10.2. The lowest BCUT2D eigenvalue weighted by molar-refractivity contribution is 0.0658. The molecular weight excluding hydrogens is 468 g/mol. The standard InChI is InChI=1S/C30H34N2O5/c1-34-24-8-9-25-22(15-24)6-2-7-27(25)35-14-4-12-31-11-3-5-21(18-31)19-32-13-10-23-16-28-29(37-20-36-28)17-26(23)30(32)33/h2,6-9,15-17,21H,3-5,10-14,18-20H2,1H3. The first-order valence-electron chi connectivity index (χ1n) is 13.3. The fourth-order valence-electron chi connectivity index (χ4n) is 5.86. The molecule has 194 valence electrons. The van der Waals surface area contributed by atoms with E-state index >= 15 is 0 Å². The smallest absolute Gasteiger partial charge is 0.254 e. The van der Waals surface area contributed by atoms with E-state index in [-0.39, 0.29) is 12.7 Å². The molecule has 37 heavy (non-hydrogen) atoms. The Kier molecular flexibility index (Phi) is 6.79. The van der Waals surface area contributed by atoms with Gasteiger partial charge in [0, 0.05) is 37.1 Å². The van der Waals surface area contributed by atoms with E-state index in [0.717, 1.165) is 84.7 Å². The molecule has 1 amide bonds. The van der Waals surface area contributed by atoms with Crippen molar-refractivity contribution in [1.29, 1.82) is 0 Å². The lowest BCUT2D eigenvalue weighted by atomic mass is 9.94. The average Bonchev–Trinajstić information content (AvgIpc) is 3.39. The molecule has 6 rings (SSSR count). The molecule has 1 unspecified atom stereocenters. The minimum absolute atomic E-state index is 0.123. The number of piperidine rings is 1. The molecule has 0 saturated carbocycles. The molecule has 1 fully saturated rings. The van der Waals surface area contributed by atoms with Crippen LogP contribution < -0.4 is 18.9 Å². The molecule has 0 aromatic heterocycles. The molecule has 1 saturated heterocycles. The van der Waals surface area contributed by atoms with Crippen molar-refractivity contribution in [3.05, 3.63) is 59.7 Å². The number of rotatable bonds is 8. The van der Waals surface area contributed by atoms with Crippen LogP contribution in [0.1, 0.15) is 35.2 Å². The van der Waals surface area contributed by atoms with Crippen molar-refractivity contribution in [3.8, 4) is 23.0 Å². The second-order valence-electron chi connectivity index (χ2n) is 10.2. The lowest BCUT2D eigenvalue weighted by Crippen LogP contribution is -2.45. The van der Waals surface area contributed by atoms with Gasteiger partial charge in [-0.05, 0) is 85.5 Å². The predicted octanol–water partition coefficient (Wildman–Crippen LogP) is 4.76. The molecule has 0 spiro atoms. The Balaban J connectivity index is 0.999. The molecule has 0 N–H and O–H groups in total. The van der Waals surface area contributed by atoms with E-state index in [2.05, 4.69) is 17.0 Å². The number of ether oxygens (including phenoxy) is 4. The number of fused-ring (bicyclic) bond motifs is 3. The summed E-state index contributed by atoms with van der Waals surface area (Å²) >= 11 is 0. The van der Waals surface area contributed by atoms with Gasteiger partial charge >= 0.3 is 0 Å². The predicted molar refractivity (Wildman–Crippen MR) is 142 cm³/mol. The fraction of sp³-hybridized carbons (Fsp3) is 0.433. The third-order valence-corrected chi connectivity index (χ3v) is 7.77. The summed E-state index contributed by atoms with van der Waals surface area (Å²) in [5.41, 5.74) is 1.84. The summed E-state index contributed by atoms with van der Waals surface area (Å²) in [4.78, 5) is 17.8. The third kappa shape index (κ3) is 5.05. The molecule has 7 nitrogen and oxygen atoms in total. The lowest BCUT2D eigenvalue weighted by Gasteiger charge is -2.37. The summed E-state index contributed by atoms with van der Waals surface area (Å²) in [6.45, 7) is 5.66. The number of nitrogens with zero attached hydrogens (tertiary/aromatic N) is 2. The zero-order valence-electron chi connectivity index (χ0n) is 21.4. The van der Waals surface area contributed by atoms with Crippen molar-refractivity contribution >= 4 is 16.7 Å². The van der Waals surface area contributed by atoms with Crippen molar-refractivity contribution in [2.24, 2.45) is 5.92 Å². The number of benzene rings is 3. The van der Waals surface area contributed by atoms with Gasteiger partial charge in [0.1, 0.15) is 11.5 Å². The van der Waals surface area contributed by atoms with Crippen LogP contribution in [0.3, 0.4) is 0 Å². The molecule has 7 heteroatoms. The SMILES string of the molecule is COc1ccc2c(OCCCN3CCCC(CN4CCc5cc6c(cc5C4=O)OCO6)C3)cccc2c1. The molecule has 3 aromatic rings. The molecule has 3 aliphatic heterocycles. The van der Waals surface area contributed by atoms with Gasteiger partial charge in [0.25, 0.3) is 5.91 Å². The molecule has 1 atom stereocenters. The van der Waals surface area contributed by atoms with Gasteiger partial charge in [-0.25, -0.2) is 0 Å². The number of carbonyl (C=O) groups excluding carboxylic acids is 1. The Morgan fingerprint density at radius 1 is 1.05 bits per heavy atom. The Bertz CT molecular complexity index is 1290. The van der Waals surface area contributed by atoms with E-state index in [4.69, 9.17) is 18.9 Å². The Morgan fingerprint density at radius 2 is 1.95 bits per heavy atom. The Labute approximate surface area is 217 Å². The van der Waals surface area contributed by atoms with Gasteiger partial charge in [0.15, 0.2) is 11.5 Å². The van der Waals surface area contributed by atoms with E-state index in [1.807, 2.05) is 41.3 Å². The van der Waals surface area contributed by atoms with E-state index < -0.39 is 0 Å². The molecular formula is C30H34N2O5. The summed E-state index contributed by atoms with van der Waals surface area (Å²) in [5.74, 6) is 3.84. The first kappa shape index (κ1) is 23.9. The largest absolute Gasteiger partial charge is 0.497 e. The van der Waals surface area contributed by atoms with Crippen LogP contribution in [0.2, 0.25) is 0 Å². The second kappa shape index (κ2) is 10.5. The van der Waals surface area contributed by atoms with Crippen LogP contribution in [0.25, 0.3) is 10.8 Å². The van der Waals surface area contributed by atoms with Gasteiger partial charge in [-0.3, -0.25) is 4.79 Å². The summed E-state index contributed by atoms with van der Waals surface area (Å²) < 4.78 is 22.5. The highest BCUT2D eigenvalue weighted by Crippen LogP contribution is 2.37. The first-order valence-corrected chi connectivity index (χ1v) is 13.3. The van der Waals surface area contributed by atoms with Gasteiger partial charge in [0.2, 0.25) is 6.79 Å². The molecule has 3 aliphatic rings. The van der Waals surface area contributed by atoms with Gasteiger partial charge in [-0.1, -0.05) is 12.1 Å². The van der Waals surface area contributed by atoms with Crippen LogP contribution in [-0.2, 0) is 6.42 Å². The minimum Gasteiger partial charge on any atom is -0.497 e. The van der Waals surface area contributed by atoms with Crippen molar-refractivity contribution < 1.29 is 23.7 Å². The zero-order chi connectivity index (χ0) is 25.2. The molecule has 0 bridgehead atoms. The topological polar surface area (TPSA) is 60.5 Å². The van der Waals surface area contributed by atoms with Gasteiger partial charge < -0.3 is 28.7 Å². The zero-order valence-corrected chi connectivity index (χ0v) is 21.4. The van der Waals surface area contributed by atoms with E-state index in [9.17, 15) is 4.79 Å². The Morgan fingerprint density at radius 3 is 2.84 bits per heavy atom. The monoisotopic (exact) mass is 502 g/mol. The number of likely N-dealkylation sites (tertiary alicyclic amines) is 1. The number of methoxy groups -OCH3 is 1. The maximum atomic E-state index is 13.2. The van der Waals surface area contributed by atoms with Crippen molar-refractivity contribution in [2.75, 3.05) is 53.2 Å². The summed E-state index contributed by atoms with van der Waals surface area (Å²) in [5, 5.41) is 2.23. The van der Waals surface area contributed by atoms with Crippen LogP contribution >= 0.6 is 0 Å². The Hall–Kier alpha value is -3.45. The van der Waals surface area contributed by atoms with Crippen LogP contribution in [0, 0.1) is 5.92 Å². The molecule has 3 heterocycles. The van der Waals surface area contributed by atoms with Crippen LogP contribution in [0.4, 0.5) is 0 Å². The van der Waals surface area contributed by atoms with Crippen molar-refractivity contribution in [1.82, 2.24) is 9.80 Å². The molecule has 0 radical (unpaired) electrons. The van der Waals surface area contributed by atoms with Crippen LogP contribution in [-0.4, -0.2) is 68.9 Å². The summed E-state index contributed by atoms with van der Waals surface area (Å²) in [7, 11) is 1.69. The summed E-state index contributed by atoms with van der Waals surface area (Å²) in [6, 6.07) is 16.1. The van der Waals surface area contributed by atoms with Gasteiger partial charge in [0.05, 0.1) is 13.7 Å². The third-order valence-electron chi connectivity index (χ3n) is 7.77. The molecule has 0 aliphatic carbocycles. The maximum absolute atomic E-state index is 13.2.